The molecule has 2 rings (SSSR count). The fourth-order valence-electron chi connectivity index (χ4n) is 1.38. The van der Waals surface area contributed by atoms with Gasteiger partial charge in [-0.3, -0.25) is 20.2 Å². The summed E-state index contributed by atoms with van der Waals surface area (Å²) in [5.41, 5.74) is 4.25. The van der Waals surface area contributed by atoms with Crippen LogP contribution >= 0.6 is 0 Å². The molecule has 15 heavy (non-hydrogen) atoms. The fraction of sp³-hybridized carbons (Fsp3) is 0.100. The van der Waals surface area contributed by atoms with Crippen molar-refractivity contribution in [3.05, 3.63) is 35.7 Å². The second kappa shape index (κ2) is 4.02. The van der Waals surface area contributed by atoms with E-state index < -0.39 is 0 Å². The number of hydrogen-bond acceptors (Lipinski definition) is 4. The third-order valence-corrected chi connectivity index (χ3v) is 2.13. The van der Waals surface area contributed by atoms with E-state index in [4.69, 9.17) is 5.84 Å². The van der Waals surface area contributed by atoms with Gasteiger partial charge in [0.2, 0.25) is 0 Å². The number of fused-ring (bicyclic) bond motifs is 1. The van der Waals surface area contributed by atoms with Crippen LogP contribution in [0.1, 0.15) is 6.42 Å². The van der Waals surface area contributed by atoms with Crippen molar-refractivity contribution in [2.45, 2.75) is 6.42 Å². The van der Waals surface area contributed by atoms with Gasteiger partial charge in [-0.2, -0.15) is 0 Å². The van der Waals surface area contributed by atoms with Gasteiger partial charge in [0.05, 0.1) is 11.4 Å². The van der Waals surface area contributed by atoms with Crippen LogP contribution < -0.4 is 11.3 Å². The Morgan fingerprint density at radius 1 is 1.47 bits per heavy atom. The molecule has 0 aromatic heterocycles. The van der Waals surface area contributed by atoms with Crippen LogP contribution in [0.5, 0.6) is 0 Å². The summed E-state index contributed by atoms with van der Waals surface area (Å²) in [7, 11) is 0. The van der Waals surface area contributed by atoms with E-state index in [1.807, 2.05) is 0 Å². The maximum Gasteiger partial charge on any atom is 0.261 e. The van der Waals surface area contributed by atoms with E-state index >= 15 is 0 Å². The molecule has 0 spiro atoms. The summed E-state index contributed by atoms with van der Waals surface area (Å²) in [5.74, 6) is 4.77. The zero-order valence-electron chi connectivity index (χ0n) is 7.97. The fourth-order valence-corrected chi connectivity index (χ4v) is 1.38. The first-order chi connectivity index (χ1) is 7.31. The first kappa shape index (κ1) is 9.54. The minimum Gasteiger partial charge on any atom is -0.290 e. The lowest BCUT2D eigenvalue weighted by molar-refractivity contribution is -0.117. The van der Waals surface area contributed by atoms with Crippen molar-refractivity contribution in [3.63, 3.8) is 0 Å². The van der Waals surface area contributed by atoms with Gasteiger partial charge >= 0.3 is 0 Å². The molecule has 0 saturated heterocycles. The Labute approximate surface area is 86.8 Å². The standard InChI is InChI=1S/C10H10N4O/c11-14-10(15)7-2-3-8-9(6-7)13-5-1-4-12-8/h1-5H,6,11H2,(H,14,15). The van der Waals surface area contributed by atoms with Crippen LogP contribution in [0.15, 0.2) is 45.7 Å². The number of aliphatic imine (C=N–C) groups is 2. The number of amides is 1. The minimum atomic E-state index is -0.287. The Balaban J connectivity index is 2.32. The van der Waals surface area contributed by atoms with Crippen LogP contribution in [0, 0.1) is 0 Å². The van der Waals surface area contributed by atoms with Gasteiger partial charge in [-0.1, -0.05) is 6.08 Å². The molecule has 0 aromatic carbocycles. The Bertz CT molecular complexity index is 440. The van der Waals surface area contributed by atoms with Gasteiger partial charge in [0.15, 0.2) is 0 Å². The molecule has 0 atom stereocenters. The molecular weight excluding hydrogens is 192 g/mol. The van der Waals surface area contributed by atoms with Crippen molar-refractivity contribution in [1.29, 1.82) is 0 Å². The average molecular weight is 202 g/mol. The highest BCUT2D eigenvalue weighted by atomic mass is 16.2. The van der Waals surface area contributed by atoms with Crippen molar-refractivity contribution in [2.24, 2.45) is 15.8 Å². The Morgan fingerprint density at radius 2 is 2.33 bits per heavy atom. The Morgan fingerprint density at radius 3 is 3.13 bits per heavy atom. The molecule has 0 radical (unpaired) electrons. The molecule has 1 aliphatic heterocycles. The van der Waals surface area contributed by atoms with Crippen molar-refractivity contribution < 1.29 is 4.79 Å². The molecule has 5 heteroatoms. The van der Waals surface area contributed by atoms with E-state index in [1.165, 1.54) is 0 Å². The zero-order chi connectivity index (χ0) is 10.7. The van der Waals surface area contributed by atoms with E-state index in [9.17, 15) is 4.79 Å². The third kappa shape index (κ3) is 1.92. The molecule has 0 bridgehead atoms. The van der Waals surface area contributed by atoms with Crippen molar-refractivity contribution in [2.75, 3.05) is 0 Å². The lowest BCUT2D eigenvalue weighted by Crippen LogP contribution is -2.32. The third-order valence-electron chi connectivity index (χ3n) is 2.13. The van der Waals surface area contributed by atoms with E-state index in [0.717, 1.165) is 11.4 Å². The average Bonchev–Trinajstić information content (AvgIpc) is 2.51. The van der Waals surface area contributed by atoms with Crippen LogP contribution in [0.2, 0.25) is 0 Å². The SMILES string of the molecule is NNC(=O)C1=CC=C2N=CC=CN=C2C1. The molecular formula is C10H10N4O. The molecule has 0 saturated carbocycles. The highest BCUT2D eigenvalue weighted by molar-refractivity contribution is 6.10. The smallest absolute Gasteiger partial charge is 0.261 e. The first-order valence-electron chi connectivity index (χ1n) is 4.49. The lowest BCUT2D eigenvalue weighted by Gasteiger charge is -2.12. The normalized spacial score (nSPS) is 18.3. The number of nitrogens with two attached hydrogens (primary N) is 1. The predicted molar refractivity (Wildman–Crippen MR) is 58.2 cm³/mol. The molecule has 0 unspecified atom stereocenters. The van der Waals surface area contributed by atoms with Gasteiger partial charge in [-0.05, 0) is 12.2 Å². The molecule has 0 aromatic rings. The van der Waals surface area contributed by atoms with E-state index in [-0.39, 0.29) is 5.91 Å². The van der Waals surface area contributed by atoms with Crippen LogP contribution in [0.3, 0.4) is 0 Å². The molecule has 76 valence electrons. The largest absolute Gasteiger partial charge is 0.290 e. The highest BCUT2D eigenvalue weighted by Crippen LogP contribution is 2.18. The molecule has 3 N–H and O–H groups in total. The van der Waals surface area contributed by atoms with Gasteiger partial charge in [-0.25, -0.2) is 5.84 Å². The Kier molecular flexibility index (Phi) is 2.55. The van der Waals surface area contributed by atoms with E-state index in [1.54, 1.807) is 30.6 Å². The number of nitrogens with zero attached hydrogens (tertiary/aromatic N) is 2. The maximum absolute atomic E-state index is 11.3. The summed E-state index contributed by atoms with van der Waals surface area (Å²) in [4.78, 5) is 19.7. The number of nitrogens with one attached hydrogen (secondary N) is 1. The monoisotopic (exact) mass is 202 g/mol. The molecule has 5 nitrogen and oxygen atoms in total. The van der Waals surface area contributed by atoms with Crippen LogP contribution in [-0.2, 0) is 4.79 Å². The predicted octanol–water partition coefficient (Wildman–Crippen LogP) is 0.229. The van der Waals surface area contributed by atoms with Gasteiger partial charge < -0.3 is 0 Å². The minimum absolute atomic E-state index is 0.287. The summed E-state index contributed by atoms with van der Waals surface area (Å²) < 4.78 is 0. The highest BCUT2D eigenvalue weighted by Gasteiger charge is 2.17. The van der Waals surface area contributed by atoms with E-state index in [0.29, 0.717) is 12.0 Å². The molecule has 1 amide bonds. The van der Waals surface area contributed by atoms with Crippen LogP contribution in [0.4, 0.5) is 0 Å². The number of hydrogen-bond donors (Lipinski definition) is 2. The topological polar surface area (TPSA) is 79.8 Å². The molecule has 1 aliphatic carbocycles. The van der Waals surface area contributed by atoms with Crippen LogP contribution in [0.25, 0.3) is 0 Å². The number of hydrazine groups is 1. The Hall–Kier alpha value is -2.01. The number of carbonyl (C=O) groups excluding carboxylic acids is 1. The zero-order valence-corrected chi connectivity index (χ0v) is 7.97. The van der Waals surface area contributed by atoms with Gasteiger partial charge in [0.1, 0.15) is 0 Å². The maximum atomic E-state index is 11.3. The number of rotatable bonds is 1. The quantitative estimate of drug-likeness (QED) is 0.362. The van der Waals surface area contributed by atoms with E-state index in [2.05, 4.69) is 15.4 Å². The van der Waals surface area contributed by atoms with Crippen molar-refractivity contribution in [3.8, 4) is 0 Å². The van der Waals surface area contributed by atoms with Crippen LogP contribution in [-0.4, -0.2) is 17.8 Å². The van der Waals surface area contributed by atoms with Gasteiger partial charge in [-0.15, -0.1) is 0 Å². The van der Waals surface area contributed by atoms with Gasteiger partial charge in [0.25, 0.3) is 5.91 Å². The summed E-state index contributed by atoms with van der Waals surface area (Å²) in [5, 5.41) is 0. The number of allylic oxidation sites excluding steroid dienone is 4. The summed E-state index contributed by atoms with van der Waals surface area (Å²) in [6, 6.07) is 0. The second-order valence-corrected chi connectivity index (χ2v) is 3.09. The molecule has 1 heterocycles. The summed E-state index contributed by atoms with van der Waals surface area (Å²) in [6.07, 6.45) is 8.99. The first-order valence-corrected chi connectivity index (χ1v) is 4.49. The summed E-state index contributed by atoms with van der Waals surface area (Å²) >= 11 is 0. The lowest BCUT2D eigenvalue weighted by atomic mass is 10.0. The molecule has 2 aliphatic rings. The van der Waals surface area contributed by atoms with Crippen molar-refractivity contribution >= 4 is 17.8 Å². The van der Waals surface area contributed by atoms with Crippen molar-refractivity contribution in [1.82, 2.24) is 5.43 Å². The number of carbonyl (C=O) groups is 1. The molecule has 0 fully saturated rings. The second-order valence-electron chi connectivity index (χ2n) is 3.09. The summed E-state index contributed by atoms with van der Waals surface area (Å²) in [6.45, 7) is 0. The van der Waals surface area contributed by atoms with Gasteiger partial charge in [0, 0.05) is 24.4 Å².